The van der Waals surface area contributed by atoms with Gasteiger partial charge in [0.05, 0.1) is 13.2 Å². The smallest absolute Gasteiger partial charge is 0.118 e. The largest absolute Gasteiger partial charge is 0.497 e. The predicted molar refractivity (Wildman–Crippen MR) is 84.9 cm³/mol. The Morgan fingerprint density at radius 2 is 1.90 bits per heavy atom. The normalized spacial score (nSPS) is 17.4. The fourth-order valence-electron chi connectivity index (χ4n) is 2.90. The summed E-state index contributed by atoms with van der Waals surface area (Å²) in [6.45, 7) is 1.88. The molecule has 0 spiro atoms. The van der Waals surface area contributed by atoms with Crippen LogP contribution in [0.2, 0.25) is 0 Å². The highest BCUT2D eigenvalue weighted by molar-refractivity contribution is 5.56. The number of ether oxygens (including phenoxy) is 1. The Balaban J connectivity index is 1.69. The van der Waals surface area contributed by atoms with Gasteiger partial charge in [-0.15, -0.1) is 0 Å². The second kappa shape index (κ2) is 6.19. The van der Waals surface area contributed by atoms with Gasteiger partial charge in [0.2, 0.25) is 0 Å². The highest BCUT2D eigenvalue weighted by Gasteiger charge is 2.22. The molecule has 0 radical (unpaired) electrons. The van der Waals surface area contributed by atoms with Crippen LogP contribution in [0.4, 0.5) is 5.69 Å². The molecular formula is C18H21NO2. The molecule has 1 aliphatic heterocycles. The summed E-state index contributed by atoms with van der Waals surface area (Å²) in [6, 6.07) is 16.4. The molecule has 1 aliphatic rings. The number of para-hydroxylation sites is 1. The number of hydrogen-bond acceptors (Lipinski definition) is 3. The monoisotopic (exact) mass is 283 g/mol. The summed E-state index contributed by atoms with van der Waals surface area (Å²) >= 11 is 0. The molecule has 1 heterocycles. The number of fused-ring (bicyclic) bond motifs is 1. The van der Waals surface area contributed by atoms with Crippen molar-refractivity contribution in [1.29, 1.82) is 0 Å². The molecule has 1 N–H and O–H groups in total. The Labute approximate surface area is 125 Å². The van der Waals surface area contributed by atoms with Crippen molar-refractivity contribution in [3.05, 3.63) is 59.7 Å². The van der Waals surface area contributed by atoms with E-state index in [4.69, 9.17) is 4.74 Å². The molecule has 110 valence electrons. The first-order valence-corrected chi connectivity index (χ1v) is 7.43. The third-order valence-electron chi connectivity index (χ3n) is 4.14. The molecule has 1 unspecified atom stereocenters. The first-order chi connectivity index (χ1) is 10.3. The van der Waals surface area contributed by atoms with E-state index in [0.717, 1.165) is 37.2 Å². The van der Waals surface area contributed by atoms with E-state index in [9.17, 15) is 5.11 Å². The van der Waals surface area contributed by atoms with Crippen molar-refractivity contribution in [3.63, 3.8) is 0 Å². The van der Waals surface area contributed by atoms with Crippen LogP contribution in [-0.4, -0.2) is 25.3 Å². The van der Waals surface area contributed by atoms with E-state index in [0.29, 0.717) is 0 Å². The maximum Gasteiger partial charge on any atom is 0.118 e. The summed E-state index contributed by atoms with van der Waals surface area (Å²) < 4.78 is 5.18. The lowest BCUT2D eigenvalue weighted by Gasteiger charge is -2.33. The molecule has 0 aliphatic carbocycles. The van der Waals surface area contributed by atoms with E-state index >= 15 is 0 Å². The van der Waals surface area contributed by atoms with Gasteiger partial charge in [-0.1, -0.05) is 30.3 Å². The summed E-state index contributed by atoms with van der Waals surface area (Å²) in [4.78, 5) is 2.37. The molecule has 0 fully saturated rings. The van der Waals surface area contributed by atoms with Gasteiger partial charge in [-0.25, -0.2) is 0 Å². The van der Waals surface area contributed by atoms with Crippen LogP contribution in [0, 0.1) is 0 Å². The second-order valence-electron chi connectivity index (χ2n) is 5.45. The Kier molecular flexibility index (Phi) is 4.11. The van der Waals surface area contributed by atoms with Gasteiger partial charge >= 0.3 is 0 Å². The summed E-state index contributed by atoms with van der Waals surface area (Å²) in [7, 11) is 1.69. The Morgan fingerprint density at radius 1 is 1.14 bits per heavy atom. The Bertz CT molecular complexity index is 594. The van der Waals surface area contributed by atoms with Crippen molar-refractivity contribution in [3.8, 4) is 5.75 Å². The van der Waals surface area contributed by atoms with Crippen molar-refractivity contribution in [2.24, 2.45) is 0 Å². The molecule has 3 heteroatoms. The van der Waals surface area contributed by atoms with E-state index in [1.807, 2.05) is 30.3 Å². The number of hydrogen-bond donors (Lipinski definition) is 1. The van der Waals surface area contributed by atoms with E-state index in [-0.39, 0.29) is 6.10 Å². The average molecular weight is 283 g/mol. The summed E-state index contributed by atoms with van der Waals surface area (Å²) in [5, 5.41) is 10.1. The minimum Gasteiger partial charge on any atom is -0.497 e. The summed E-state index contributed by atoms with van der Waals surface area (Å²) in [5.74, 6) is 0.894. The zero-order valence-corrected chi connectivity index (χ0v) is 12.3. The molecule has 2 aromatic carbocycles. The maximum atomic E-state index is 10.1. The molecule has 0 saturated carbocycles. The molecule has 2 aromatic rings. The SMILES string of the molecule is COc1ccc(CCN2CCC(O)c3ccccc32)cc1. The molecule has 3 rings (SSSR count). The number of nitrogens with zero attached hydrogens (tertiary/aromatic N) is 1. The third-order valence-corrected chi connectivity index (χ3v) is 4.14. The molecular weight excluding hydrogens is 262 g/mol. The van der Waals surface area contributed by atoms with E-state index < -0.39 is 0 Å². The van der Waals surface area contributed by atoms with Crippen LogP contribution < -0.4 is 9.64 Å². The van der Waals surface area contributed by atoms with Crippen LogP contribution >= 0.6 is 0 Å². The Hall–Kier alpha value is -2.00. The van der Waals surface area contributed by atoms with Crippen molar-refractivity contribution in [1.82, 2.24) is 0 Å². The lowest BCUT2D eigenvalue weighted by molar-refractivity contribution is 0.164. The van der Waals surface area contributed by atoms with Crippen molar-refractivity contribution < 1.29 is 9.84 Å². The van der Waals surface area contributed by atoms with E-state index in [2.05, 4.69) is 23.1 Å². The van der Waals surface area contributed by atoms with Gasteiger partial charge in [0.15, 0.2) is 0 Å². The van der Waals surface area contributed by atoms with Crippen LogP contribution in [0.25, 0.3) is 0 Å². The van der Waals surface area contributed by atoms with Crippen LogP contribution in [0.5, 0.6) is 5.75 Å². The van der Waals surface area contributed by atoms with Crippen LogP contribution in [0.3, 0.4) is 0 Å². The fourth-order valence-corrected chi connectivity index (χ4v) is 2.90. The minimum absolute atomic E-state index is 0.321. The van der Waals surface area contributed by atoms with Gasteiger partial charge in [-0.05, 0) is 36.6 Å². The Morgan fingerprint density at radius 3 is 2.67 bits per heavy atom. The van der Waals surface area contributed by atoms with E-state index in [1.165, 1.54) is 11.3 Å². The number of rotatable bonds is 4. The van der Waals surface area contributed by atoms with Crippen molar-refractivity contribution in [2.45, 2.75) is 18.9 Å². The maximum absolute atomic E-state index is 10.1. The van der Waals surface area contributed by atoms with Crippen molar-refractivity contribution in [2.75, 3.05) is 25.1 Å². The lowest BCUT2D eigenvalue weighted by Crippen LogP contribution is -2.32. The van der Waals surface area contributed by atoms with Gasteiger partial charge in [0.1, 0.15) is 5.75 Å². The first-order valence-electron chi connectivity index (χ1n) is 7.43. The van der Waals surface area contributed by atoms with Gasteiger partial charge in [-0.3, -0.25) is 0 Å². The van der Waals surface area contributed by atoms with Crippen molar-refractivity contribution >= 4 is 5.69 Å². The predicted octanol–water partition coefficient (Wildman–Crippen LogP) is 3.18. The zero-order valence-electron chi connectivity index (χ0n) is 12.3. The topological polar surface area (TPSA) is 32.7 Å². The molecule has 0 bridgehead atoms. The first kappa shape index (κ1) is 14.0. The third kappa shape index (κ3) is 3.03. The molecule has 3 nitrogen and oxygen atoms in total. The van der Waals surface area contributed by atoms with Gasteiger partial charge < -0.3 is 14.7 Å². The van der Waals surface area contributed by atoms with Crippen LogP contribution in [0.1, 0.15) is 23.7 Å². The molecule has 1 atom stereocenters. The average Bonchev–Trinajstić information content (AvgIpc) is 2.55. The van der Waals surface area contributed by atoms with Crippen LogP contribution in [-0.2, 0) is 6.42 Å². The molecule has 0 saturated heterocycles. The highest BCUT2D eigenvalue weighted by atomic mass is 16.5. The fraction of sp³-hybridized carbons (Fsp3) is 0.333. The number of benzene rings is 2. The minimum atomic E-state index is -0.321. The van der Waals surface area contributed by atoms with E-state index in [1.54, 1.807) is 7.11 Å². The second-order valence-corrected chi connectivity index (χ2v) is 5.45. The number of aliphatic hydroxyl groups is 1. The van der Waals surface area contributed by atoms with Gasteiger partial charge in [0, 0.05) is 24.3 Å². The standard InChI is InChI=1S/C18H21NO2/c1-21-15-8-6-14(7-9-15)10-12-19-13-11-18(20)16-4-2-3-5-17(16)19/h2-9,18,20H,10-13H2,1H3. The highest BCUT2D eigenvalue weighted by Crippen LogP contribution is 2.33. The number of anilines is 1. The van der Waals surface area contributed by atoms with Crippen LogP contribution in [0.15, 0.2) is 48.5 Å². The molecule has 21 heavy (non-hydrogen) atoms. The number of aliphatic hydroxyl groups excluding tert-OH is 1. The zero-order chi connectivity index (χ0) is 14.7. The lowest BCUT2D eigenvalue weighted by atomic mass is 9.98. The summed E-state index contributed by atoms with van der Waals surface area (Å²) in [6.07, 6.45) is 1.48. The summed E-state index contributed by atoms with van der Waals surface area (Å²) in [5.41, 5.74) is 3.53. The quantitative estimate of drug-likeness (QED) is 0.935. The van der Waals surface area contributed by atoms with Gasteiger partial charge in [0.25, 0.3) is 0 Å². The molecule has 0 aromatic heterocycles. The molecule has 0 amide bonds. The number of methoxy groups -OCH3 is 1. The van der Waals surface area contributed by atoms with Gasteiger partial charge in [-0.2, -0.15) is 0 Å².